The predicted molar refractivity (Wildman–Crippen MR) is 210 cm³/mol. The van der Waals surface area contributed by atoms with E-state index in [4.69, 9.17) is 30.5 Å². The van der Waals surface area contributed by atoms with E-state index in [2.05, 4.69) is 26.5 Å². The Morgan fingerprint density at radius 2 is 1.96 bits per heavy atom. The van der Waals surface area contributed by atoms with E-state index in [0.717, 1.165) is 37.8 Å². The molecule has 12 nitrogen and oxygen atoms in total. The van der Waals surface area contributed by atoms with Crippen LogP contribution in [0.5, 0.6) is 11.6 Å². The molecule has 14 heteroatoms. The van der Waals surface area contributed by atoms with E-state index in [0.29, 0.717) is 36.8 Å². The van der Waals surface area contributed by atoms with Crippen LogP contribution in [0, 0.1) is 17.8 Å². The summed E-state index contributed by atoms with van der Waals surface area (Å²) >= 11 is 6.47. The summed E-state index contributed by atoms with van der Waals surface area (Å²) in [5.41, 5.74) is 3.32. The second kappa shape index (κ2) is 16.2. The molecule has 7 rings (SSSR count). The van der Waals surface area contributed by atoms with Crippen LogP contribution in [0.4, 0.5) is 5.69 Å². The third kappa shape index (κ3) is 8.12. The SMILES string of the molecule is COc1nn(C)cc1C(=O)C[S@@]1(=O)=NC(=O)c2ccc3c(c2)N(C[C@@H]2CC[C@H]2[C@@H](OC)/C=C/[C@H](OCC=O)[C@H](C)C1)C[C@@]1(CCCc2cc(Cl)ccc21)CO3. The Morgan fingerprint density at radius 1 is 1.15 bits per heavy atom. The minimum atomic E-state index is -3.57. The molecule has 1 amide bonds. The van der Waals surface area contributed by atoms with E-state index in [9.17, 15) is 18.6 Å². The number of nitrogens with zero attached hydrogens (tertiary/aromatic N) is 4. The van der Waals surface area contributed by atoms with Crippen LogP contribution in [0.25, 0.3) is 0 Å². The fourth-order valence-corrected chi connectivity index (χ4v) is 11.3. The monoisotopic (exact) mass is 792 g/mol. The van der Waals surface area contributed by atoms with E-state index >= 15 is 0 Å². The number of amides is 1. The van der Waals surface area contributed by atoms with Crippen LogP contribution in [0.15, 0.2) is 59.1 Å². The van der Waals surface area contributed by atoms with Crippen molar-refractivity contribution in [2.24, 2.45) is 29.2 Å². The van der Waals surface area contributed by atoms with Crippen molar-refractivity contribution in [3.63, 3.8) is 0 Å². The molecule has 2 bridgehead atoms. The lowest BCUT2D eigenvalue weighted by Crippen LogP contribution is -2.49. The van der Waals surface area contributed by atoms with Gasteiger partial charge in [0.15, 0.2) is 5.78 Å². The molecular weight excluding hydrogens is 744 g/mol. The van der Waals surface area contributed by atoms with Crippen LogP contribution in [-0.4, -0.2) is 96.2 Å². The zero-order valence-electron chi connectivity index (χ0n) is 31.8. The number of fused-ring (bicyclic) bond motifs is 4. The van der Waals surface area contributed by atoms with Crippen LogP contribution in [0.3, 0.4) is 0 Å². The third-order valence-corrected chi connectivity index (χ3v) is 14.2. The van der Waals surface area contributed by atoms with Gasteiger partial charge >= 0.3 is 0 Å². The zero-order chi connectivity index (χ0) is 38.9. The van der Waals surface area contributed by atoms with Crippen molar-refractivity contribution in [2.75, 3.05) is 56.9 Å². The van der Waals surface area contributed by atoms with Crippen LogP contribution in [0.2, 0.25) is 5.02 Å². The van der Waals surface area contributed by atoms with Gasteiger partial charge in [0.2, 0.25) is 5.88 Å². The highest BCUT2D eigenvalue weighted by molar-refractivity contribution is 7.94. The molecule has 294 valence electrons. The maximum atomic E-state index is 15.0. The number of halogens is 1. The number of ketones is 1. The van der Waals surface area contributed by atoms with Crippen molar-refractivity contribution in [3.05, 3.63) is 82.0 Å². The van der Waals surface area contributed by atoms with Gasteiger partial charge in [-0.3, -0.25) is 14.3 Å². The fourth-order valence-electron chi connectivity index (χ4n) is 8.89. The third-order valence-electron chi connectivity index (χ3n) is 11.7. The van der Waals surface area contributed by atoms with Gasteiger partial charge in [0, 0.05) is 55.2 Å². The van der Waals surface area contributed by atoms with Crippen molar-refractivity contribution < 1.29 is 37.5 Å². The minimum Gasteiger partial charge on any atom is -0.490 e. The molecule has 2 aliphatic heterocycles. The van der Waals surface area contributed by atoms with Gasteiger partial charge in [-0.1, -0.05) is 36.7 Å². The Balaban J connectivity index is 1.33. The van der Waals surface area contributed by atoms with Crippen molar-refractivity contribution in [1.82, 2.24) is 9.78 Å². The number of aldehydes is 1. The Labute approximate surface area is 327 Å². The molecule has 0 radical (unpaired) electrons. The number of benzene rings is 2. The number of rotatable bonds is 8. The van der Waals surface area contributed by atoms with Crippen molar-refractivity contribution in [3.8, 4) is 11.6 Å². The van der Waals surface area contributed by atoms with Gasteiger partial charge in [-0.15, -0.1) is 5.10 Å². The largest absolute Gasteiger partial charge is 0.490 e. The molecule has 3 heterocycles. The van der Waals surface area contributed by atoms with Crippen LogP contribution in [-0.2, 0) is 42.9 Å². The van der Waals surface area contributed by atoms with E-state index in [-0.39, 0.29) is 52.7 Å². The van der Waals surface area contributed by atoms with Gasteiger partial charge in [-0.2, -0.15) is 4.36 Å². The average molecular weight is 793 g/mol. The number of carbonyl (C=O) groups is 3. The number of hydrogen-bond donors (Lipinski definition) is 0. The van der Waals surface area contributed by atoms with E-state index in [1.165, 1.54) is 29.1 Å². The lowest BCUT2D eigenvalue weighted by molar-refractivity contribution is -0.113. The van der Waals surface area contributed by atoms with Gasteiger partial charge in [-0.25, -0.2) is 4.21 Å². The van der Waals surface area contributed by atoms with Crippen LogP contribution >= 0.6 is 11.6 Å². The minimum absolute atomic E-state index is 0.0883. The molecule has 4 aliphatic rings. The van der Waals surface area contributed by atoms with E-state index in [1.54, 1.807) is 32.4 Å². The number of hydrogen-bond acceptors (Lipinski definition) is 10. The quantitative estimate of drug-likeness (QED) is 0.155. The molecule has 2 aliphatic carbocycles. The summed E-state index contributed by atoms with van der Waals surface area (Å²) in [6, 6.07) is 11.4. The van der Waals surface area contributed by atoms with Gasteiger partial charge in [-0.05, 0) is 91.3 Å². The summed E-state index contributed by atoms with van der Waals surface area (Å²) in [6.45, 7) is 3.46. The van der Waals surface area contributed by atoms with Gasteiger partial charge in [0.05, 0.1) is 47.1 Å². The van der Waals surface area contributed by atoms with Gasteiger partial charge in [0.1, 0.15) is 24.2 Å². The second-order valence-electron chi connectivity index (χ2n) is 15.4. The molecule has 3 aromatic rings. The fraction of sp³-hybridized carbons (Fsp3) is 0.512. The van der Waals surface area contributed by atoms with Crippen LogP contribution in [0.1, 0.15) is 64.4 Å². The molecule has 1 fully saturated rings. The molecule has 1 spiro atoms. The maximum absolute atomic E-state index is 15.0. The smallest absolute Gasteiger partial charge is 0.285 e. The number of carbonyl (C=O) groups excluding carboxylic acids is 3. The molecule has 55 heavy (non-hydrogen) atoms. The summed E-state index contributed by atoms with van der Waals surface area (Å²) in [7, 11) is 1.18. The van der Waals surface area contributed by atoms with Gasteiger partial charge < -0.3 is 28.6 Å². The first-order chi connectivity index (χ1) is 26.4. The first-order valence-corrected chi connectivity index (χ1v) is 21.1. The van der Waals surface area contributed by atoms with E-state index in [1.807, 2.05) is 25.1 Å². The summed E-state index contributed by atoms with van der Waals surface area (Å²) in [5, 5.41) is 4.90. The molecular formula is C41H49ClN4O8S. The lowest BCUT2D eigenvalue weighted by Gasteiger charge is -2.46. The highest BCUT2D eigenvalue weighted by Crippen LogP contribution is 2.47. The number of methoxy groups -OCH3 is 2. The molecule has 7 atom stereocenters. The van der Waals surface area contributed by atoms with Crippen molar-refractivity contribution >= 4 is 45.0 Å². The van der Waals surface area contributed by atoms with Crippen molar-refractivity contribution in [2.45, 2.75) is 56.7 Å². The highest BCUT2D eigenvalue weighted by atomic mass is 35.5. The number of Topliss-reactive ketones (excluding diaryl/α,β-unsaturated/α-hetero) is 1. The Morgan fingerprint density at radius 3 is 2.71 bits per heavy atom. The summed E-state index contributed by atoms with van der Waals surface area (Å²) in [5.74, 6) is -1.20. The number of ether oxygens (including phenoxy) is 4. The first kappa shape index (κ1) is 39.2. The molecule has 1 saturated carbocycles. The molecule has 0 N–H and O–H groups in total. The number of aromatic nitrogens is 2. The zero-order valence-corrected chi connectivity index (χ0v) is 33.4. The highest BCUT2D eigenvalue weighted by Gasteiger charge is 2.44. The molecule has 1 aromatic heterocycles. The predicted octanol–water partition coefficient (Wildman–Crippen LogP) is 5.88. The van der Waals surface area contributed by atoms with Crippen LogP contribution < -0.4 is 14.4 Å². The number of anilines is 1. The Bertz CT molecular complexity index is 2110. The summed E-state index contributed by atoms with van der Waals surface area (Å²) < 4.78 is 44.8. The van der Waals surface area contributed by atoms with Gasteiger partial charge in [0.25, 0.3) is 5.91 Å². The lowest BCUT2D eigenvalue weighted by atomic mass is 9.68. The Kier molecular flexibility index (Phi) is 11.6. The average Bonchev–Trinajstić information content (AvgIpc) is 3.47. The molecule has 0 saturated heterocycles. The normalized spacial score (nSPS) is 29.8. The second-order valence-corrected chi connectivity index (χ2v) is 18.2. The first-order valence-electron chi connectivity index (χ1n) is 18.9. The van der Waals surface area contributed by atoms with Crippen molar-refractivity contribution in [1.29, 1.82) is 0 Å². The summed E-state index contributed by atoms with van der Waals surface area (Å²) in [6.07, 6.45) is 9.94. The standard InChI is InChI=1S/C41H49ClN4O8S/c1-26-22-55(50,23-35(48)32-21-45(2)43-40(32)52-4)44-39(49)28-8-12-38-34(19-28)46(20-29-7-10-31(29)37(51-3)14-13-36(26)53-17-16-47)24-41(25-54-38)15-5-6-27-18-30(42)9-11-33(27)41/h8-9,11-14,16,18-19,21,26,29,31,36-37H,5-7,10,15,17,20,22-25H2,1-4H3/b14-13+/t26-,29+,31-,36+,37+,41+,55-/m1/s1. The maximum Gasteiger partial charge on any atom is 0.285 e. The topological polar surface area (TPSA) is 139 Å². The number of aryl methyl sites for hydroxylation is 2. The van der Waals surface area contributed by atoms with E-state index < -0.39 is 39.2 Å². The summed E-state index contributed by atoms with van der Waals surface area (Å²) in [4.78, 5) is 41.8. The molecule has 0 unspecified atom stereocenters. The molecule has 2 aromatic carbocycles. The Hall–Kier alpha value is -4.04.